The standard InChI is InChI=1S/C13H19N3O2/c1-2-3-9-15-11(12(17)16-13(14)18)10-7-5-4-6-8-10/h4-8,11,15H,2-3,9H2,1H3,(H3,14,16,17,18)/t11-/m1/s1. The highest BCUT2D eigenvalue weighted by atomic mass is 16.2. The van der Waals surface area contributed by atoms with Gasteiger partial charge in [0, 0.05) is 0 Å². The molecule has 0 fully saturated rings. The maximum atomic E-state index is 11.9. The zero-order valence-electron chi connectivity index (χ0n) is 10.5. The molecule has 0 aromatic heterocycles. The molecule has 0 bridgehead atoms. The van der Waals surface area contributed by atoms with E-state index in [0.717, 1.165) is 18.4 Å². The van der Waals surface area contributed by atoms with E-state index in [1.807, 2.05) is 30.3 Å². The van der Waals surface area contributed by atoms with Crippen LogP contribution in [0.15, 0.2) is 30.3 Å². The number of amides is 3. The fraction of sp³-hybridized carbons (Fsp3) is 0.385. The Morgan fingerprint density at radius 3 is 2.50 bits per heavy atom. The smallest absolute Gasteiger partial charge is 0.318 e. The molecule has 0 aliphatic rings. The molecule has 0 unspecified atom stereocenters. The number of hydrogen-bond acceptors (Lipinski definition) is 3. The van der Waals surface area contributed by atoms with Gasteiger partial charge in [0.05, 0.1) is 0 Å². The van der Waals surface area contributed by atoms with E-state index in [1.54, 1.807) is 0 Å². The summed E-state index contributed by atoms with van der Waals surface area (Å²) in [5, 5.41) is 5.23. The summed E-state index contributed by atoms with van der Waals surface area (Å²) in [6.45, 7) is 2.78. The number of primary amides is 1. The van der Waals surface area contributed by atoms with Gasteiger partial charge in [-0.3, -0.25) is 10.1 Å². The summed E-state index contributed by atoms with van der Waals surface area (Å²) in [5.74, 6) is -0.426. The van der Waals surface area contributed by atoms with E-state index < -0.39 is 18.0 Å². The van der Waals surface area contributed by atoms with Crippen LogP contribution in [0.4, 0.5) is 4.79 Å². The van der Waals surface area contributed by atoms with Crippen molar-refractivity contribution in [3.8, 4) is 0 Å². The Morgan fingerprint density at radius 1 is 1.28 bits per heavy atom. The molecule has 0 radical (unpaired) electrons. The van der Waals surface area contributed by atoms with Crippen LogP contribution in [0.1, 0.15) is 31.4 Å². The molecule has 1 rings (SSSR count). The molecule has 0 spiro atoms. The number of nitrogens with two attached hydrogens (primary N) is 1. The van der Waals surface area contributed by atoms with Gasteiger partial charge in [0.25, 0.3) is 0 Å². The summed E-state index contributed by atoms with van der Waals surface area (Å²) in [6.07, 6.45) is 2.00. The molecular formula is C13H19N3O2. The minimum Gasteiger partial charge on any atom is -0.351 e. The third-order valence-corrected chi connectivity index (χ3v) is 2.52. The highest BCUT2D eigenvalue weighted by Gasteiger charge is 2.20. The molecule has 18 heavy (non-hydrogen) atoms. The van der Waals surface area contributed by atoms with Crippen molar-refractivity contribution in [3.63, 3.8) is 0 Å². The monoisotopic (exact) mass is 249 g/mol. The Bertz CT molecular complexity index is 392. The Morgan fingerprint density at radius 2 is 1.94 bits per heavy atom. The van der Waals surface area contributed by atoms with Gasteiger partial charge in [-0.25, -0.2) is 4.79 Å². The van der Waals surface area contributed by atoms with Crippen molar-refractivity contribution >= 4 is 11.9 Å². The predicted octanol–water partition coefficient (Wildman–Crippen LogP) is 1.31. The molecule has 0 saturated carbocycles. The Kier molecular flexibility index (Phi) is 5.87. The third kappa shape index (κ3) is 4.55. The van der Waals surface area contributed by atoms with Gasteiger partial charge >= 0.3 is 6.03 Å². The zero-order valence-corrected chi connectivity index (χ0v) is 10.5. The van der Waals surface area contributed by atoms with Crippen molar-refractivity contribution in [2.75, 3.05) is 6.54 Å². The van der Waals surface area contributed by atoms with Crippen LogP contribution in [0, 0.1) is 0 Å². The molecular weight excluding hydrogens is 230 g/mol. The minimum absolute atomic E-state index is 0.426. The highest BCUT2D eigenvalue weighted by Crippen LogP contribution is 2.12. The maximum absolute atomic E-state index is 11.9. The van der Waals surface area contributed by atoms with Crippen LogP contribution in [0.2, 0.25) is 0 Å². The predicted molar refractivity (Wildman–Crippen MR) is 69.8 cm³/mol. The molecule has 0 aliphatic carbocycles. The fourth-order valence-electron chi connectivity index (χ4n) is 1.62. The first kappa shape index (κ1) is 14.2. The van der Waals surface area contributed by atoms with Gasteiger partial charge in [-0.05, 0) is 18.5 Å². The van der Waals surface area contributed by atoms with E-state index in [4.69, 9.17) is 5.73 Å². The first-order chi connectivity index (χ1) is 8.65. The molecule has 4 N–H and O–H groups in total. The normalized spacial score (nSPS) is 11.8. The number of unbranched alkanes of at least 4 members (excludes halogenated alkanes) is 1. The lowest BCUT2D eigenvalue weighted by atomic mass is 10.1. The molecule has 0 heterocycles. The number of urea groups is 1. The highest BCUT2D eigenvalue weighted by molar-refractivity contribution is 5.96. The van der Waals surface area contributed by atoms with Crippen molar-refractivity contribution in [1.82, 2.24) is 10.6 Å². The molecule has 1 aromatic carbocycles. The summed E-state index contributed by atoms with van der Waals surface area (Å²) in [5.41, 5.74) is 5.78. The van der Waals surface area contributed by atoms with Crippen molar-refractivity contribution < 1.29 is 9.59 Å². The second-order valence-corrected chi connectivity index (χ2v) is 4.00. The van der Waals surface area contributed by atoms with E-state index in [-0.39, 0.29) is 0 Å². The molecule has 0 aliphatic heterocycles. The molecule has 1 aromatic rings. The average Bonchev–Trinajstić information content (AvgIpc) is 2.35. The lowest BCUT2D eigenvalue weighted by molar-refractivity contribution is -0.122. The first-order valence-electron chi connectivity index (χ1n) is 6.03. The van der Waals surface area contributed by atoms with Crippen molar-refractivity contribution in [1.29, 1.82) is 0 Å². The van der Waals surface area contributed by atoms with E-state index >= 15 is 0 Å². The lowest BCUT2D eigenvalue weighted by Gasteiger charge is -2.17. The van der Waals surface area contributed by atoms with E-state index in [2.05, 4.69) is 17.6 Å². The molecule has 98 valence electrons. The molecule has 3 amide bonds. The largest absolute Gasteiger partial charge is 0.351 e. The lowest BCUT2D eigenvalue weighted by Crippen LogP contribution is -2.43. The van der Waals surface area contributed by atoms with Crippen LogP contribution >= 0.6 is 0 Å². The first-order valence-corrected chi connectivity index (χ1v) is 6.03. The van der Waals surface area contributed by atoms with Gasteiger partial charge in [0.2, 0.25) is 5.91 Å². The van der Waals surface area contributed by atoms with Crippen LogP contribution in [0.25, 0.3) is 0 Å². The van der Waals surface area contributed by atoms with Crippen LogP contribution in [-0.2, 0) is 4.79 Å². The van der Waals surface area contributed by atoms with E-state index in [1.165, 1.54) is 0 Å². The molecule has 5 nitrogen and oxygen atoms in total. The fourth-order valence-corrected chi connectivity index (χ4v) is 1.62. The van der Waals surface area contributed by atoms with Gasteiger partial charge in [-0.2, -0.15) is 0 Å². The Labute approximate surface area is 107 Å². The SMILES string of the molecule is CCCCN[C@@H](C(=O)NC(N)=O)c1ccccc1. The third-order valence-electron chi connectivity index (χ3n) is 2.52. The van der Waals surface area contributed by atoms with E-state index in [9.17, 15) is 9.59 Å². The number of benzene rings is 1. The number of hydrogen-bond donors (Lipinski definition) is 3. The molecule has 5 heteroatoms. The van der Waals surface area contributed by atoms with Crippen LogP contribution in [-0.4, -0.2) is 18.5 Å². The number of nitrogens with one attached hydrogen (secondary N) is 2. The zero-order chi connectivity index (χ0) is 13.4. The topological polar surface area (TPSA) is 84.2 Å². The minimum atomic E-state index is -0.835. The summed E-state index contributed by atoms with van der Waals surface area (Å²) in [4.78, 5) is 22.6. The van der Waals surface area contributed by atoms with Gasteiger partial charge in [0.15, 0.2) is 0 Å². The van der Waals surface area contributed by atoms with Crippen LogP contribution in [0.5, 0.6) is 0 Å². The quantitative estimate of drug-likeness (QED) is 0.665. The maximum Gasteiger partial charge on any atom is 0.318 e. The van der Waals surface area contributed by atoms with Gasteiger partial charge < -0.3 is 11.1 Å². The van der Waals surface area contributed by atoms with Gasteiger partial charge in [0.1, 0.15) is 6.04 Å². The average molecular weight is 249 g/mol. The summed E-state index contributed by atoms with van der Waals surface area (Å²) in [6, 6.07) is 7.86. The molecule has 1 atom stereocenters. The van der Waals surface area contributed by atoms with Crippen LogP contribution in [0.3, 0.4) is 0 Å². The Hall–Kier alpha value is -1.88. The van der Waals surface area contributed by atoms with Gasteiger partial charge in [-0.1, -0.05) is 43.7 Å². The van der Waals surface area contributed by atoms with Crippen molar-refractivity contribution in [2.45, 2.75) is 25.8 Å². The number of rotatable bonds is 6. The van der Waals surface area contributed by atoms with E-state index in [0.29, 0.717) is 6.54 Å². The summed E-state index contributed by atoms with van der Waals surface area (Å²) < 4.78 is 0. The number of carbonyl (C=O) groups is 2. The number of carbonyl (C=O) groups excluding carboxylic acids is 2. The molecule has 0 saturated heterocycles. The second kappa shape index (κ2) is 7.45. The van der Waals surface area contributed by atoms with Crippen LogP contribution < -0.4 is 16.4 Å². The Balaban J connectivity index is 2.75. The second-order valence-electron chi connectivity index (χ2n) is 4.00. The van der Waals surface area contributed by atoms with Crippen molar-refractivity contribution in [2.24, 2.45) is 5.73 Å². The number of imide groups is 1. The van der Waals surface area contributed by atoms with Crippen molar-refractivity contribution in [3.05, 3.63) is 35.9 Å². The van der Waals surface area contributed by atoms with Gasteiger partial charge in [-0.15, -0.1) is 0 Å². The summed E-state index contributed by atoms with van der Waals surface area (Å²) >= 11 is 0. The summed E-state index contributed by atoms with van der Waals surface area (Å²) in [7, 11) is 0.